The van der Waals surface area contributed by atoms with Crippen LogP contribution in [0.1, 0.15) is 65.2 Å². The molecule has 0 radical (unpaired) electrons. The monoisotopic (exact) mass is 379 g/mol. The van der Waals surface area contributed by atoms with Crippen molar-refractivity contribution in [2.45, 2.75) is 71.3 Å². The van der Waals surface area contributed by atoms with E-state index in [1.54, 1.807) is 5.57 Å². The van der Waals surface area contributed by atoms with Gasteiger partial charge in [0.2, 0.25) is 5.91 Å². The summed E-state index contributed by atoms with van der Waals surface area (Å²) in [4.78, 5) is 14.2. The van der Waals surface area contributed by atoms with Gasteiger partial charge < -0.3 is 4.90 Å². The molecule has 0 spiro atoms. The van der Waals surface area contributed by atoms with Gasteiger partial charge in [-0.1, -0.05) is 28.4 Å². The third kappa shape index (κ3) is 2.28. The lowest BCUT2D eigenvalue weighted by Crippen LogP contribution is -2.55. The van der Waals surface area contributed by atoms with Crippen LogP contribution in [0.3, 0.4) is 0 Å². The lowest BCUT2D eigenvalue weighted by molar-refractivity contribution is -0.143. The Kier molecular flexibility index (Phi) is 3.94. The minimum Gasteiger partial charge on any atom is -0.342 e. The van der Waals surface area contributed by atoms with Gasteiger partial charge >= 0.3 is 0 Å². The molecule has 2 nitrogen and oxygen atoms in total. The van der Waals surface area contributed by atoms with Crippen molar-refractivity contribution in [1.82, 2.24) is 4.90 Å². The first-order valence-electron chi connectivity index (χ1n) is 9.55. The van der Waals surface area contributed by atoms with E-state index in [0.717, 1.165) is 36.5 Å². The maximum absolute atomic E-state index is 12.1. The van der Waals surface area contributed by atoms with E-state index in [9.17, 15) is 4.79 Å². The summed E-state index contributed by atoms with van der Waals surface area (Å²) in [6.07, 6.45) is 9.96. The summed E-state index contributed by atoms with van der Waals surface area (Å²) in [6, 6.07) is 0.538. The molecule has 1 heterocycles. The number of allylic oxidation sites excluding steroid dienone is 2. The number of rotatable bonds is 0. The Morgan fingerprint density at radius 2 is 1.87 bits per heavy atom. The lowest BCUT2D eigenvalue weighted by Gasteiger charge is -2.56. The molecule has 1 saturated heterocycles. The van der Waals surface area contributed by atoms with Crippen molar-refractivity contribution in [3.63, 3.8) is 0 Å². The van der Waals surface area contributed by atoms with E-state index in [-0.39, 0.29) is 0 Å². The van der Waals surface area contributed by atoms with Crippen LogP contribution in [0.2, 0.25) is 0 Å². The van der Waals surface area contributed by atoms with E-state index in [2.05, 4.69) is 41.7 Å². The van der Waals surface area contributed by atoms with E-state index in [1.165, 1.54) is 43.0 Å². The van der Waals surface area contributed by atoms with Crippen LogP contribution >= 0.6 is 15.9 Å². The van der Waals surface area contributed by atoms with Gasteiger partial charge in [0.05, 0.1) is 0 Å². The summed E-state index contributed by atoms with van der Waals surface area (Å²) in [5.41, 5.74) is 2.15. The SMILES string of the molecule is C/C(Br)=C1\CC[C@H]2[C@@H]3CC[C@@H]4[C@H](CCC(=O)N4C)[C@H]3CC[C@]12C. The molecular weight excluding hydrogens is 350 g/mol. The minimum atomic E-state index is 0.381. The molecule has 3 heteroatoms. The van der Waals surface area contributed by atoms with Crippen molar-refractivity contribution in [3.05, 3.63) is 10.1 Å². The van der Waals surface area contributed by atoms with Gasteiger partial charge in [0, 0.05) is 19.5 Å². The first-order chi connectivity index (χ1) is 10.9. The zero-order chi connectivity index (χ0) is 16.4. The van der Waals surface area contributed by atoms with Crippen LogP contribution in [0.4, 0.5) is 0 Å². The number of nitrogens with zero attached hydrogens (tertiary/aromatic N) is 1. The number of amides is 1. The molecule has 6 atom stereocenters. The Morgan fingerprint density at radius 1 is 1.09 bits per heavy atom. The van der Waals surface area contributed by atoms with Crippen molar-refractivity contribution in [1.29, 1.82) is 0 Å². The van der Waals surface area contributed by atoms with Crippen molar-refractivity contribution in [3.8, 4) is 0 Å². The zero-order valence-electron chi connectivity index (χ0n) is 14.8. The van der Waals surface area contributed by atoms with Crippen LogP contribution < -0.4 is 0 Å². The average Bonchev–Trinajstić information content (AvgIpc) is 2.88. The third-order valence-corrected chi connectivity index (χ3v) is 8.59. The summed E-state index contributed by atoms with van der Waals surface area (Å²) in [7, 11) is 2.05. The number of piperidine rings is 1. The molecule has 1 amide bonds. The zero-order valence-corrected chi connectivity index (χ0v) is 16.4. The first-order valence-corrected chi connectivity index (χ1v) is 10.3. The molecule has 0 aromatic heterocycles. The normalized spacial score (nSPS) is 48.6. The Morgan fingerprint density at radius 3 is 2.61 bits per heavy atom. The number of carbonyl (C=O) groups is 1. The topological polar surface area (TPSA) is 20.3 Å². The third-order valence-electron chi connectivity index (χ3n) is 8.12. The fourth-order valence-electron chi connectivity index (χ4n) is 7.04. The molecule has 0 aromatic carbocycles. The minimum absolute atomic E-state index is 0.381. The summed E-state index contributed by atoms with van der Waals surface area (Å²) < 4.78 is 1.40. The molecule has 4 rings (SSSR count). The highest BCUT2D eigenvalue weighted by Crippen LogP contribution is 2.63. The predicted octanol–water partition coefficient (Wildman–Crippen LogP) is 5.13. The van der Waals surface area contributed by atoms with Gasteiger partial charge in [0.25, 0.3) is 0 Å². The van der Waals surface area contributed by atoms with Gasteiger partial charge in [-0.25, -0.2) is 0 Å². The number of halogens is 1. The second-order valence-electron chi connectivity index (χ2n) is 8.79. The largest absolute Gasteiger partial charge is 0.342 e. The van der Waals surface area contributed by atoms with Crippen LogP contribution in [0.15, 0.2) is 10.1 Å². The lowest BCUT2D eigenvalue weighted by atomic mass is 9.52. The summed E-state index contributed by atoms with van der Waals surface area (Å²) >= 11 is 3.79. The number of likely N-dealkylation sites (tertiary alicyclic amines) is 1. The average molecular weight is 380 g/mol. The Labute approximate surface area is 149 Å². The highest BCUT2D eigenvalue weighted by atomic mass is 79.9. The van der Waals surface area contributed by atoms with Crippen LogP contribution in [-0.4, -0.2) is 23.9 Å². The number of carbonyl (C=O) groups excluding carboxylic acids is 1. The van der Waals surface area contributed by atoms with Gasteiger partial charge in [-0.15, -0.1) is 0 Å². The van der Waals surface area contributed by atoms with Crippen molar-refractivity contribution in [2.24, 2.45) is 29.1 Å². The van der Waals surface area contributed by atoms with E-state index in [0.29, 0.717) is 17.4 Å². The standard InChI is InChI=1S/C20H30BrNO/c1-12(21)16-6-7-17-14-4-8-18-15(5-9-19(23)22(18)3)13(14)10-11-20(16,17)2/h13-15,17-18H,4-11H2,1-3H3/b16-12-/t13-,14+,15+,17-,18+,20+/m0/s1. The number of hydrogen-bond donors (Lipinski definition) is 0. The Hall–Kier alpha value is -0.310. The fraction of sp³-hybridized carbons (Fsp3) is 0.850. The molecule has 128 valence electrons. The molecule has 0 unspecified atom stereocenters. The molecule has 4 fully saturated rings. The molecule has 0 N–H and O–H groups in total. The quantitative estimate of drug-likeness (QED) is 0.571. The van der Waals surface area contributed by atoms with Gasteiger partial charge in [-0.05, 0) is 85.4 Å². The van der Waals surface area contributed by atoms with Gasteiger partial charge in [0.15, 0.2) is 0 Å². The van der Waals surface area contributed by atoms with Crippen molar-refractivity contribution in [2.75, 3.05) is 7.05 Å². The molecule has 0 bridgehead atoms. The Balaban J connectivity index is 1.61. The van der Waals surface area contributed by atoms with Crippen molar-refractivity contribution < 1.29 is 4.79 Å². The molecule has 3 aliphatic carbocycles. The Bertz CT molecular complexity index is 552. The maximum atomic E-state index is 12.1. The molecular formula is C20H30BrNO. The number of hydrogen-bond acceptors (Lipinski definition) is 1. The second-order valence-corrected chi connectivity index (χ2v) is 9.98. The highest BCUT2D eigenvalue weighted by Gasteiger charge is 2.56. The van der Waals surface area contributed by atoms with E-state index in [4.69, 9.17) is 0 Å². The number of fused-ring (bicyclic) bond motifs is 5. The summed E-state index contributed by atoms with van der Waals surface area (Å²) in [5.74, 6) is 3.82. The first kappa shape index (κ1) is 16.2. The summed E-state index contributed by atoms with van der Waals surface area (Å²) in [6.45, 7) is 4.79. The van der Waals surface area contributed by atoms with Gasteiger partial charge in [0.1, 0.15) is 0 Å². The maximum Gasteiger partial charge on any atom is 0.222 e. The summed E-state index contributed by atoms with van der Waals surface area (Å²) in [5, 5.41) is 0. The van der Waals surface area contributed by atoms with Crippen LogP contribution in [0.5, 0.6) is 0 Å². The van der Waals surface area contributed by atoms with Crippen LogP contribution in [0.25, 0.3) is 0 Å². The second kappa shape index (κ2) is 5.61. The molecule has 3 saturated carbocycles. The molecule has 23 heavy (non-hydrogen) atoms. The predicted molar refractivity (Wildman–Crippen MR) is 97.2 cm³/mol. The van der Waals surface area contributed by atoms with E-state index >= 15 is 0 Å². The van der Waals surface area contributed by atoms with Gasteiger partial charge in [-0.2, -0.15) is 0 Å². The van der Waals surface area contributed by atoms with E-state index in [1.807, 2.05) is 0 Å². The van der Waals surface area contributed by atoms with Gasteiger partial charge in [-0.3, -0.25) is 4.79 Å². The molecule has 4 aliphatic rings. The smallest absolute Gasteiger partial charge is 0.222 e. The van der Waals surface area contributed by atoms with Crippen LogP contribution in [-0.2, 0) is 4.79 Å². The molecule has 1 aliphatic heterocycles. The highest BCUT2D eigenvalue weighted by molar-refractivity contribution is 9.11. The van der Waals surface area contributed by atoms with Crippen LogP contribution in [0, 0.1) is 29.1 Å². The fourth-order valence-corrected chi connectivity index (χ4v) is 7.69. The van der Waals surface area contributed by atoms with E-state index < -0.39 is 0 Å². The van der Waals surface area contributed by atoms with Crippen molar-refractivity contribution >= 4 is 21.8 Å². The molecule has 0 aromatic rings.